The minimum absolute atomic E-state index is 0.155. The normalized spacial score (nSPS) is 19.6. The van der Waals surface area contributed by atoms with E-state index in [2.05, 4.69) is 28.2 Å². The molecular formula is C16H24N4O. The fourth-order valence-corrected chi connectivity index (χ4v) is 2.99. The molecule has 2 aliphatic rings. The Morgan fingerprint density at radius 1 is 1.29 bits per heavy atom. The van der Waals surface area contributed by atoms with Crippen LogP contribution in [0.15, 0.2) is 6.07 Å². The summed E-state index contributed by atoms with van der Waals surface area (Å²) in [5.41, 5.74) is 1.06. The Kier molecular flexibility index (Phi) is 4.08. The first-order chi connectivity index (χ1) is 10.2. The quantitative estimate of drug-likeness (QED) is 0.921. The third kappa shape index (κ3) is 3.52. The molecule has 1 aliphatic carbocycles. The average Bonchev–Trinajstić information content (AvgIpc) is 3.32. The van der Waals surface area contributed by atoms with Gasteiger partial charge in [-0.15, -0.1) is 0 Å². The monoisotopic (exact) mass is 288 g/mol. The van der Waals surface area contributed by atoms with Crippen molar-refractivity contribution in [3.8, 4) is 0 Å². The molecule has 0 radical (unpaired) electrons. The number of piperidine rings is 1. The lowest BCUT2D eigenvalue weighted by molar-refractivity contribution is -0.121. The van der Waals surface area contributed by atoms with Crippen molar-refractivity contribution >= 4 is 11.7 Å². The number of hydrogen-bond donors (Lipinski definition) is 1. The predicted molar refractivity (Wildman–Crippen MR) is 82.4 cm³/mol. The molecule has 1 saturated heterocycles. The van der Waals surface area contributed by atoms with Gasteiger partial charge >= 0.3 is 0 Å². The van der Waals surface area contributed by atoms with Crippen LogP contribution in [0.25, 0.3) is 0 Å². The van der Waals surface area contributed by atoms with E-state index in [9.17, 15) is 4.79 Å². The highest BCUT2D eigenvalue weighted by atomic mass is 16.1. The van der Waals surface area contributed by atoms with Crippen LogP contribution in [-0.4, -0.2) is 36.0 Å². The average molecular weight is 288 g/mol. The molecule has 2 fully saturated rings. The van der Waals surface area contributed by atoms with E-state index in [0.717, 1.165) is 43.3 Å². The Balaban J connectivity index is 1.62. The topological polar surface area (TPSA) is 58.1 Å². The lowest BCUT2D eigenvalue weighted by Crippen LogP contribution is -2.36. The van der Waals surface area contributed by atoms with Gasteiger partial charge in [0.15, 0.2) is 0 Å². The van der Waals surface area contributed by atoms with E-state index in [1.165, 1.54) is 12.8 Å². The first kappa shape index (κ1) is 14.3. The van der Waals surface area contributed by atoms with Crippen molar-refractivity contribution in [2.75, 3.05) is 25.0 Å². The van der Waals surface area contributed by atoms with Gasteiger partial charge < -0.3 is 10.2 Å². The highest BCUT2D eigenvalue weighted by molar-refractivity contribution is 5.75. The molecule has 0 atom stereocenters. The summed E-state index contributed by atoms with van der Waals surface area (Å²) >= 11 is 0. The minimum Gasteiger partial charge on any atom is -0.359 e. The summed E-state index contributed by atoms with van der Waals surface area (Å²) in [6.07, 6.45) is 5.25. The third-order valence-corrected chi connectivity index (χ3v) is 4.49. The van der Waals surface area contributed by atoms with Crippen LogP contribution in [-0.2, 0) is 4.79 Å². The summed E-state index contributed by atoms with van der Waals surface area (Å²) in [4.78, 5) is 23.1. The fourth-order valence-electron chi connectivity index (χ4n) is 2.99. The second-order valence-corrected chi connectivity index (χ2v) is 6.31. The zero-order chi connectivity index (χ0) is 14.8. The third-order valence-electron chi connectivity index (χ3n) is 4.49. The van der Waals surface area contributed by atoms with Gasteiger partial charge in [-0.05, 0) is 38.5 Å². The smallest absolute Gasteiger partial charge is 0.220 e. The van der Waals surface area contributed by atoms with Gasteiger partial charge in [0, 0.05) is 44.2 Å². The molecular weight excluding hydrogens is 264 g/mol. The molecule has 5 heteroatoms. The van der Waals surface area contributed by atoms with Crippen LogP contribution in [0.4, 0.5) is 5.82 Å². The summed E-state index contributed by atoms with van der Waals surface area (Å²) < 4.78 is 0. The van der Waals surface area contributed by atoms with Crippen molar-refractivity contribution in [1.29, 1.82) is 0 Å². The Morgan fingerprint density at radius 2 is 2.00 bits per heavy atom. The van der Waals surface area contributed by atoms with Gasteiger partial charge in [-0.25, -0.2) is 9.97 Å². The summed E-state index contributed by atoms with van der Waals surface area (Å²) in [5, 5.41) is 2.72. The summed E-state index contributed by atoms with van der Waals surface area (Å²) in [7, 11) is 1.71. The SMILES string of the molecule is CNC(=O)CC1CCN(c2cc(C)nc(C3CC3)n2)CC1. The Hall–Kier alpha value is -1.65. The highest BCUT2D eigenvalue weighted by Crippen LogP contribution is 2.38. The van der Waals surface area contributed by atoms with Crippen molar-refractivity contribution in [3.63, 3.8) is 0 Å². The molecule has 1 saturated carbocycles. The number of carbonyl (C=O) groups is 1. The molecule has 0 bridgehead atoms. The van der Waals surface area contributed by atoms with Gasteiger partial charge in [-0.2, -0.15) is 0 Å². The highest BCUT2D eigenvalue weighted by Gasteiger charge is 2.28. The van der Waals surface area contributed by atoms with Gasteiger partial charge in [0.25, 0.3) is 0 Å². The molecule has 2 heterocycles. The van der Waals surface area contributed by atoms with Crippen molar-refractivity contribution in [2.24, 2.45) is 5.92 Å². The van der Waals surface area contributed by atoms with Gasteiger partial charge in [-0.3, -0.25) is 4.79 Å². The molecule has 1 amide bonds. The Labute approximate surface area is 126 Å². The van der Waals surface area contributed by atoms with E-state index in [0.29, 0.717) is 18.3 Å². The lowest BCUT2D eigenvalue weighted by Gasteiger charge is -2.32. The van der Waals surface area contributed by atoms with Crippen LogP contribution >= 0.6 is 0 Å². The number of rotatable bonds is 4. The van der Waals surface area contributed by atoms with Crippen molar-refractivity contribution in [3.05, 3.63) is 17.6 Å². The Bertz CT molecular complexity index is 519. The van der Waals surface area contributed by atoms with Gasteiger partial charge in [0.2, 0.25) is 5.91 Å². The number of nitrogens with one attached hydrogen (secondary N) is 1. The van der Waals surface area contributed by atoms with Crippen LogP contribution in [0, 0.1) is 12.8 Å². The molecule has 0 unspecified atom stereocenters. The number of carbonyl (C=O) groups excluding carboxylic acids is 1. The van der Waals surface area contributed by atoms with E-state index in [1.807, 2.05) is 0 Å². The fraction of sp³-hybridized carbons (Fsp3) is 0.688. The number of amides is 1. The molecule has 5 nitrogen and oxygen atoms in total. The number of nitrogens with zero attached hydrogens (tertiary/aromatic N) is 3. The second-order valence-electron chi connectivity index (χ2n) is 6.31. The number of aromatic nitrogens is 2. The van der Waals surface area contributed by atoms with E-state index in [-0.39, 0.29) is 5.91 Å². The molecule has 114 valence electrons. The van der Waals surface area contributed by atoms with E-state index in [1.54, 1.807) is 7.05 Å². The van der Waals surface area contributed by atoms with Crippen LogP contribution in [0.1, 0.15) is 49.5 Å². The standard InChI is InChI=1S/C16H24N4O/c1-11-9-14(19-16(18-11)13-3-4-13)20-7-5-12(6-8-20)10-15(21)17-2/h9,12-13H,3-8,10H2,1-2H3,(H,17,21). The van der Waals surface area contributed by atoms with Gasteiger partial charge in [0.05, 0.1) is 0 Å². The number of anilines is 1. The zero-order valence-corrected chi connectivity index (χ0v) is 12.9. The first-order valence-electron chi connectivity index (χ1n) is 7.97. The van der Waals surface area contributed by atoms with Crippen LogP contribution < -0.4 is 10.2 Å². The van der Waals surface area contributed by atoms with E-state index < -0.39 is 0 Å². The summed E-state index contributed by atoms with van der Waals surface area (Å²) in [5.74, 6) is 3.35. The maximum atomic E-state index is 11.5. The summed E-state index contributed by atoms with van der Waals surface area (Å²) in [6.45, 7) is 4.03. The first-order valence-corrected chi connectivity index (χ1v) is 7.97. The van der Waals surface area contributed by atoms with Gasteiger partial charge in [-0.1, -0.05) is 0 Å². The molecule has 1 aromatic heterocycles. The maximum absolute atomic E-state index is 11.5. The molecule has 0 spiro atoms. The zero-order valence-electron chi connectivity index (χ0n) is 12.9. The van der Waals surface area contributed by atoms with E-state index >= 15 is 0 Å². The maximum Gasteiger partial charge on any atom is 0.220 e. The van der Waals surface area contributed by atoms with Crippen LogP contribution in [0.2, 0.25) is 0 Å². The second kappa shape index (κ2) is 6.00. The molecule has 3 rings (SSSR count). The van der Waals surface area contributed by atoms with E-state index in [4.69, 9.17) is 4.98 Å². The molecule has 21 heavy (non-hydrogen) atoms. The van der Waals surface area contributed by atoms with Crippen molar-refractivity contribution in [1.82, 2.24) is 15.3 Å². The largest absolute Gasteiger partial charge is 0.359 e. The molecule has 1 aromatic rings. The lowest BCUT2D eigenvalue weighted by atomic mass is 9.93. The predicted octanol–water partition coefficient (Wildman–Crippen LogP) is 2.01. The van der Waals surface area contributed by atoms with Gasteiger partial charge in [0.1, 0.15) is 11.6 Å². The minimum atomic E-state index is 0.155. The number of hydrogen-bond acceptors (Lipinski definition) is 4. The molecule has 1 aliphatic heterocycles. The van der Waals surface area contributed by atoms with Crippen molar-refractivity contribution < 1.29 is 4.79 Å². The Morgan fingerprint density at radius 3 is 2.62 bits per heavy atom. The number of aryl methyl sites for hydroxylation is 1. The summed E-state index contributed by atoms with van der Waals surface area (Å²) in [6, 6.07) is 2.09. The molecule has 1 N–H and O–H groups in total. The van der Waals surface area contributed by atoms with Crippen LogP contribution in [0.5, 0.6) is 0 Å². The van der Waals surface area contributed by atoms with Crippen molar-refractivity contribution in [2.45, 2.75) is 44.9 Å². The van der Waals surface area contributed by atoms with Crippen LogP contribution in [0.3, 0.4) is 0 Å². The molecule has 0 aromatic carbocycles.